The molecule has 67 heavy (non-hydrogen) atoms. The summed E-state index contributed by atoms with van der Waals surface area (Å²) in [6.45, 7) is 14.0. The van der Waals surface area contributed by atoms with Crippen molar-refractivity contribution in [1.82, 2.24) is 13.4 Å². The van der Waals surface area contributed by atoms with E-state index in [4.69, 9.17) is 0 Å². The maximum atomic E-state index is 2.66. The van der Waals surface area contributed by atoms with Gasteiger partial charge in [0.2, 0.25) is 0 Å². The van der Waals surface area contributed by atoms with Gasteiger partial charge in [0.15, 0.2) is 0 Å². The number of nitrogens with zero attached hydrogens (tertiary/aromatic N) is 3. The van der Waals surface area contributed by atoms with E-state index in [0.29, 0.717) is 0 Å². The van der Waals surface area contributed by atoms with E-state index >= 15 is 0 Å². The summed E-state index contributed by atoms with van der Waals surface area (Å²) < 4.78 is 7.66. The lowest BCUT2D eigenvalue weighted by atomic mass is 9.85. The first kappa shape index (κ1) is 37.4. The monoisotopic (exact) mass is 857 g/mol. The fourth-order valence-corrected chi connectivity index (χ4v) is 12.3. The number of aromatic nitrogens is 3. The van der Waals surface area contributed by atoms with Crippen molar-refractivity contribution in [2.24, 2.45) is 0 Å². The Bertz CT molecular complexity index is 4620. The molecule has 15 rings (SSSR count). The summed E-state index contributed by atoms with van der Waals surface area (Å²) in [5.74, 6) is 0. The van der Waals surface area contributed by atoms with Crippen molar-refractivity contribution in [1.29, 1.82) is 0 Å². The van der Waals surface area contributed by atoms with Gasteiger partial charge in [-0.1, -0.05) is 139 Å². The van der Waals surface area contributed by atoms with E-state index in [-0.39, 0.29) is 10.8 Å². The van der Waals surface area contributed by atoms with Gasteiger partial charge in [0.05, 0.1) is 44.1 Å². The third kappa shape index (κ3) is 4.81. The van der Waals surface area contributed by atoms with Crippen LogP contribution in [-0.2, 0) is 10.8 Å². The molecule has 0 aliphatic carbocycles. The lowest BCUT2D eigenvalue weighted by molar-refractivity contribution is 0.591. The van der Waals surface area contributed by atoms with Gasteiger partial charge in [-0.25, -0.2) is 0 Å². The van der Waals surface area contributed by atoms with Crippen molar-refractivity contribution in [2.45, 2.75) is 52.4 Å². The second-order valence-corrected chi connectivity index (χ2v) is 21.4. The van der Waals surface area contributed by atoms with E-state index < -0.39 is 0 Å². The minimum atomic E-state index is -0.0628. The van der Waals surface area contributed by atoms with Crippen LogP contribution in [-0.4, -0.2) is 13.4 Å². The van der Waals surface area contributed by atoms with Crippen LogP contribution in [0.3, 0.4) is 0 Å². The molecule has 0 bridgehead atoms. The lowest BCUT2D eigenvalue weighted by Crippen LogP contribution is -2.10. The molecule has 0 radical (unpaired) electrons. The summed E-state index contributed by atoms with van der Waals surface area (Å²) in [5.41, 5.74) is 16.4. The number of rotatable bonds is 2. The van der Waals surface area contributed by atoms with Gasteiger partial charge in [0.25, 0.3) is 0 Å². The molecule has 3 nitrogen and oxygen atoms in total. The fraction of sp³-hybridized carbons (Fsp3) is 0.125. The Balaban J connectivity index is 1.13. The van der Waals surface area contributed by atoms with Crippen molar-refractivity contribution in [3.63, 3.8) is 0 Å². The molecule has 0 atom stereocenters. The highest BCUT2D eigenvalue weighted by Gasteiger charge is 2.28. The van der Waals surface area contributed by atoms with Crippen LogP contribution in [0.15, 0.2) is 176 Å². The molecule has 15 aromatic rings. The van der Waals surface area contributed by atoms with Crippen molar-refractivity contribution in [3.05, 3.63) is 187 Å². The first-order valence-corrected chi connectivity index (χ1v) is 23.8. The largest absolute Gasteiger partial charge is 0.309 e. The van der Waals surface area contributed by atoms with Gasteiger partial charge in [-0.15, -0.1) is 0 Å². The molecule has 0 unspecified atom stereocenters. The van der Waals surface area contributed by atoms with Gasteiger partial charge in [0.1, 0.15) is 0 Å². The summed E-state index contributed by atoms with van der Waals surface area (Å²) in [7, 11) is 0. The minimum absolute atomic E-state index is 0.0435. The molecule has 0 amide bonds. The van der Waals surface area contributed by atoms with Crippen LogP contribution in [0.5, 0.6) is 0 Å². The Kier molecular flexibility index (Phi) is 6.97. The number of hydrogen-bond acceptors (Lipinski definition) is 0. The van der Waals surface area contributed by atoms with Crippen LogP contribution in [0.25, 0.3) is 136 Å². The zero-order chi connectivity index (χ0) is 44.8. The van der Waals surface area contributed by atoms with Gasteiger partial charge < -0.3 is 13.4 Å². The molecule has 5 heterocycles. The first-order valence-electron chi connectivity index (χ1n) is 23.8. The van der Waals surface area contributed by atoms with Crippen LogP contribution in [0, 0.1) is 0 Å². The Morgan fingerprint density at radius 2 is 0.866 bits per heavy atom. The van der Waals surface area contributed by atoms with E-state index in [1.54, 1.807) is 0 Å². The van der Waals surface area contributed by atoms with Crippen LogP contribution < -0.4 is 0 Å². The Morgan fingerprint density at radius 3 is 1.63 bits per heavy atom. The molecule has 0 aliphatic rings. The third-order valence-electron chi connectivity index (χ3n) is 15.5. The maximum Gasteiger partial charge on any atom is 0.0626 e. The van der Waals surface area contributed by atoms with E-state index in [9.17, 15) is 0 Å². The minimum Gasteiger partial charge on any atom is -0.309 e. The molecule has 0 N–H and O–H groups in total. The van der Waals surface area contributed by atoms with Crippen molar-refractivity contribution in [3.8, 4) is 16.8 Å². The van der Waals surface area contributed by atoms with E-state index in [1.807, 2.05) is 0 Å². The van der Waals surface area contributed by atoms with E-state index in [2.05, 4.69) is 231 Å². The summed E-state index contributed by atoms with van der Waals surface area (Å²) in [6.07, 6.45) is 0. The van der Waals surface area contributed by atoms with Crippen molar-refractivity contribution >= 4 is 120 Å². The summed E-state index contributed by atoms with van der Waals surface area (Å²) in [6, 6.07) is 67.1. The quantitative estimate of drug-likeness (QED) is 0.164. The van der Waals surface area contributed by atoms with Crippen LogP contribution in [0.1, 0.15) is 52.7 Å². The van der Waals surface area contributed by atoms with Crippen LogP contribution >= 0.6 is 0 Å². The molecule has 5 aromatic heterocycles. The van der Waals surface area contributed by atoms with Gasteiger partial charge in [-0.2, -0.15) is 0 Å². The standard InChI is InChI=1S/C64H47N3/c1-63(2,3)39-25-27-55-47(31-39)49-30-37-17-11-12-20-42(37)58-51-35-56-48(34-57(51)66(55)62(49)58)50-32-40(64(4,5)6)33-52-59-43-21-13-10-16-36(43)28-45(61(59)67(56)60(50)52)38-24-26-54-46(29-38)44-22-14-15-23-53(44)65(54)41-18-8-7-9-19-41/h7-35H,1-6H3. The Hall–Kier alpha value is -7.88. The molecule has 318 valence electrons. The molecular formula is C64H47N3. The number of para-hydroxylation sites is 2. The number of hydrogen-bond donors (Lipinski definition) is 0. The predicted octanol–water partition coefficient (Wildman–Crippen LogP) is 17.7. The molecule has 0 spiro atoms. The second-order valence-electron chi connectivity index (χ2n) is 21.4. The van der Waals surface area contributed by atoms with Gasteiger partial charge in [0, 0.05) is 65.1 Å². The smallest absolute Gasteiger partial charge is 0.0626 e. The summed E-state index contributed by atoms with van der Waals surface area (Å²) >= 11 is 0. The third-order valence-corrected chi connectivity index (χ3v) is 15.5. The van der Waals surface area contributed by atoms with Crippen LogP contribution in [0.4, 0.5) is 0 Å². The average Bonchev–Trinajstić information content (AvgIpc) is 4.12. The zero-order valence-corrected chi connectivity index (χ0v) is 38.6. The molecule has 0 fully saturated rings. The molecular weight excluding hydrogens is 811 g/mol. The molecule has 0 saturated carbocycles. The number of fused-ring (bicyclic) bond motifs is 19. The second kappa shape index (κ2) is 12.5. The first-order chi connectivity index (χ1) is 32.5. The van der Waals surface area contributed by atoms with E-state index in [1.165, 1.54) is 147 Å². The Labute approximate surface area is 387 Å². The molecule has 0 aliphatic heterocycles. The highest BCUT2D eigenvalue weighted by Crippen LogP contribution is 2.51. The number of benzene rings is 10. The van der Waals surface area contributed by atoms with Crippen molar-refractivity contribution in [2.75, 3.05) is 0 Å². The molecule has 0 saturated heterocycles. The van der Waals surface area contributed by atoms with Crippen LogP contribution in [0.2, 0.25) is 0 Å². The lowest BCUT2D eigenvalue weighted by Gasteiger charge is -2.19. The Morgan fingerprint density at radius 1 is 0.313 bits per heavy atom. The highest BCUT2D eigenvalue weighted by atomic mass is 15.0. The SMILES string of the molecule is CC(C)(C)c1ccc2c(c1)c1cc3ccccc3c3c4cc5c(cc4n2c13)c1cc(C(C)(C)C)cc2c3c4ccccc4cc(-c4ccc6c(c4)c4ccccc4n6-c4ccccc4)c3n5c12. The normalized spacial score (nSPS) is 13.2. The molecule has 3 heteroatoms. The highest BCUT2D eigenvalue weighted by molar-refractivity contribution is 6.36. The fourth-order valence-electron chi connectivity index (χ4n) is 12.3. The molecule has 10 aromatic carbocycles. The van der Waals surface area contributed by atoms with Gasteiger partial charge in [-0.3, -0.25) is 0 Å². The maximum absolute atomic E-state index is 2.66. The summed E-state index contributed by atoms with van der Waals surface area (Å²) in [4.78, 5) is 0. The van der Waals surface area contributed by atoms with Crippen molar-refractivity contribution < 1.29 is 0 Å². The summed E-state index contributed by atoms with van der Waals surface area (Å²) in [5, 5.41) is 18.2. The van der Waals surface area contributed by atoms with Gasteiger partial charge in [-0.05, 0) is 128 Å². The average molecular weight is 858 g/mol. The predicted molar refractivity (Wildman–Crippen MR) is 288 cm³/mol. The van der Waals surface area contributed by atoms with E-state index in [0.717, 1.165) is 0 Å². The zero-order valence-electron chi connectivity index (χ0n) is 38.6. The van der Waals surface area contributed by atoms with Gasteiger partial charge >= 0.3 is 0 Å². The topological polar surface area (TPSA) is 13.8 Å².